The molecule has 0 heterocycles. The minimum absolute atomic E-state index is 1.09. The fourth-order valence-corrected chi connectivity index (χ4v) is 1.57. The van der Waals surface area contributed by atoms with Crippen molar-refractivity contribution in [2.75, 3.05) is 0 Å². The lowest BCUT2D eigenvalue weighted by molar-refractivity contribution is 1.10. The van der Waals surface area contributed by atoms with Crippen LogP contribution in [0, 0.1) is 6.92 Å². The Labute approximate surface area is 74.9 Å². The molecule has 64 valence electrons. The first-order chi connectivity index (χ1) is 5.66. The molecule has 0 nitrogen and oxygen atoms in total. The predicted molar refractivity (Wildman–Crippen MR) is 55.3 cm³/mol. The number of hydrogen-bond donors (Lipinski definition) is 0. The van der Waals surface area contributed by atoms with Crippen LogP contribution in [0.1, 0.15) is 30.5 Å². The molecule has 0 atom stereocenters. The number of benzene rings is 1. The molecule has 0 saturated carbocycles. The van der Waals surface area contributed by atoms with Crippen LogP contribution in [-0.4, -0.2) is 0 Å². The van der Waals surface area contributed by atoms with E-state index in [9.17, 15) is 0 Å². The quantitative estimate of drug-likeness (QED) is 0.620. The van der Waals surface area contributed by atoms with Crippen LogP contribution in [0.5, 0.6) is 0 Å². The van der Waals surface area contributed by atoms with Crippen molar-refractivity contribution < 1.29 is 0 Å². The zero-order valence-electron chi connectivity index (χ0n) is 8.15. The molecule has 0 spiro atoms. The highest BCUT2D eigenvalue weighted by Crippen LogP contribution is 2.20. The molecule has 0 fully saturated rings. The van der Waals surface area contributed by atoms with E-state index in [0.717, 1.165) is 12.0 Å². The molecule has 0 unspecified atom stereocenters. The predicted octanol–water partition coefficient (Wildman–Crippen LogP) is 3.59. The van der Waals surface area contributed by atoms with Crippen LogP contribution in [0.3, 0.4) is 0 Å². The lowest BCUT2D eigenvalue weighted by atomic mass is 9.96. The largest absolute Gasteiger partial charge is 0.0955 e. The molecule has 0 aromatic heterocycles. The lowest BCUT2D eigenvalue weighted by Crippen LogP contribution is -1.92. The standard InChI is InChI=1S/C12H16/c1-5-11-10(4)7-6-8-12(11)9(2)3/h6-8H,2,5H2,1,3-4H3. The number of hydrogen-bond acceptors (Lipinski definition) is 0. The van der Waals surface area contributed by atoms with Gasteiger partial charge in [0.05, 0.1) is 0 Å². The average Bonchev–Trinajstić information content (AvgIpc) is 2.03. The summed E-state index contributed by atoms with van der Waals surface area (Å²) in [7, 11) is 0. The Balaban J connectivity index is 3.27. The normalized spacial score (nSPS) is 9.92. The summed E-state index contributed by atoms with van der Waals surface area (Å²) in [5.41, 5.74) is 5.29. The van der Waals surface area contributed by atoms with E-state index in [1.807, 2.05) is 0 Å². The Bertz CT molecular complexity index is 295. The Morgan fingerprint density at radius 2 is 2.08 bits per heavy atom. The zero-order chi connectivity index (χ0) is 9.14. The molecule has 1 rings (SSSR count). The van der Waals surface area contributed by atoms with E-state index in [2.05, 4.69) is 45.5 Å². The van der Waals surface area contributed by atoms with Crippen LogP contribution in [0.15, 0.2) is 24.8 Å². The minimum Gasteiger partial charge on any atom is -0.0955 e. The summed E-state index contributed by atoms with van der Waals surface area (Å²) >= 11 is 0. The molecule has 0 aliphatic heterocycles. The third-order valence-electron chi connectivity index (χ3n) is 2.22. The molecule has 0 saturated heterocycles. The van der Waals surface area contributed by atoms with Gasteiger partial charge in [-0.1, -0.05) is 37.3 Å². The van der Waals surface area contributed by atoms with Gasteiger partial charge in [0.2, 0.25) is 0 Å². The number of rotatable bonds is 2. The molecule has 0 amide bonds. The molecule has 0 bridgehead atoms. The summed E-state index contributed by atoms with van der Waals surface area (Å²) in [5.74, 6) is 0. The van der Waals surface area contributed by atoms with Gasteiger partial charge in [-0.05, 0) is 37.0 Å². The summed E-state index contributed by atoms with van der Waals surface area (Å²) in [4.78, 5) is 0. The molecular formula is C12H16. The summed E-state index contributed by atoms with van der Waals surface area (Å²) in [6.45, 7) is 10.4. The Morgan fingerprint density at radius 3 is 2.50 bits per heavy atom. The van der Waals surface area contributed by atoms with E-state index in [4.69, 9.17) is 0 Å². The van der Waals surface area contributed by atoms with Gasteiger partial charge in [-0.3, -0.25) is 0 Å². The first kappa shape index (κ1) is 9.05. The van der Waals surface area contributed by atoms with Gasteiger partial charge in [-0.2, -0.15) is 0 Å². The van der Waals surface area contributed by atoms with Crippen molar-refractivity contribution in [2.24, 2.45) is 0 Å². The van der Waals surface area contributed by atoms with Gasteiger partial charge in [-0.15, -0.1) is 0 Å². The number of allylic oxidation sites excluding steroid dienone is 1. The van der Waals surface area contributed by atoms with Gasteiger partial charge in [0.15, 0.2) is 0 Å². The Morgan fingerprint density at radius 1 is 1.42 bits per heavy atom. The van der Waals surface area contributed by atoms with Gasteiger partial charge in [0, 0.05) is 0 Å². The molecule has 0 N–H and O–H groups in total. The first-order valence-electron chi connectivity index (χ1n) is 4.41. The highest BCUT2D eigenvalue weighted by atomic mass is 14.1. The molecule has 1 aromatic carbocycles. The van der Waals surface area contributed by atoms with Gasteiger partial charge in [0.25, 0.3) is 0 Å². The SMILES string of the molecule is C=C(C)c1cccc(C)c1CC. The molecule has 12 heavy (non-hydrogen) atoms. The average molecular weight is 160 g/mol. The summed E-state index contributed by atoms with van der Waals surface area (Å²) in [6, 6.07) is 6.40. The third kappa shape index (κ3) is 1.58. The van der Waals surface area contributed by atoms with Gasteiger partial charge < -0.3 is 0 Å². The Hall–Kier alpha value is -1.04. The maximum atomic E-state index is 3.98. The van der Waals surface area contributed by atoms with Crippen LogP contribution in [0.2, 0.25) is 0 Å². The fraction of sp³-hybridized carbons (Fsp3) is 0.333. The van der Waals surface area contributed by atoms with E-state index in [0.29, 0.717) is 0 Å². The fourth-order valence-electron chi connectivity index (χ4n) is 1.57. The van der Waals surface area contributed by atoms with Crippen molar-refractivity contribution in [3.8, 4) is 0 Å². The maximum Gasteiger partial charge on any atom is -0.0199 e. The van der Waals surface area contributed by atoms with E-state index in [1.54, 1.807) is 0 Å². The maximum absolute atomic E-state index is 3.98. The summed E-state index contributed by atoms with van der Waals surface area (Å²) in [6.07, 6.45) is 1.09. The highest BCUT2D eigenvalue weighted by molar-refractivity contribution is 5.65. The third-order valence-corrected chi connectivity index (χ3v) is 2.22. The van der Waals surface area contributed by atoms with Crippen molar-refractivity contribution in [1.29, 1.82) is 0 Å². The highest BCUT2D eigenvalue weighted by Gasteiger charge is 2.02. The van der Waals surface area contributed by atoms with Crippen LogP contribution in [0.25, 0.3) is 5.57 Å². The van der Waals surface area contributed by atoms with E-state index in [1.165, 1.54) is 16.7 Å². The van der Waals surface area contributed by atoms with Crippen LogP contribution < -0.4 is 0 Å². The molecule has 0 radical (unpaired) electrons. The first-order valence-corrected chi connectivity index (χ1v) is 4.41. The summed E-state index contributed by atoms with van der Waals surface area (Å²) in [5, 5.41) is 0. The molecule has 0 aliphatic carbocycles. The second-order valence-corrected chi connectivity index (χ2v) is 3.23. The van der Waals surface area contributed by atoms with Crippen molar-refractivity contribution in [3.05, 3.63) is 41.5 Å². The minimum atomic E-state index is 1.09. The second-order valence-electron chi connectivity index (χ2n) is 3.23. The summed E-state index contributed by atoms with van der Waals surface area (Å²) < 4.78 is 0. The molecule has 0 aliphatic rings. The van der Waals surface area contributed by atoms with E-state index in [-0.39, 0.29) is 0 Å². The van der Waals surface area contributed by atoms with Crippen molar-refractivity contribution >= 4 is 5.57 Å². The number of aryl methyl sites for hydroxylation is 1. The Kier molecular flexibility index (Phi) is 2.69. The van der Waals surface area contributed by atoms with Gasteiger partial charge >= 0.3 is 0 Å². The van der Waals surface area contributed by atoms with Crippen LogP contribution in [-0.2, 0) is 6.42 Å². The molecule has 1 aromatic rings. The van der Waals surface area contributed by atoms with Crippen molar-refractivity contribution in [2.45, 2.75) is 27.2 Å². The lowest BCUT2D eigenvalue weighted by Gasteiger charge is -2.09. The smallest absolute Gasteiger partial charge is 0.0199 e. The van der Waals surface area contributed by atoms with Gasteiger partial charge in [0.1, 0.15) is 0 Å². The van der Waals surface area contributed by atoms with Gasteiger partial charge in [-0.25, -0.2) is 0 Å². The monoisotopic (exact) mass is 160 g/mol. The van der Waals surface area contributed by atoms with Crippen molar-refractivity contribution in [1.82, 2.24) is 0 Å². The zero-order valence-corrected chi connectivity index (χ0v) is 8.15. The molecule has 0 heteroatoms. The topological polar surface area (TPSA) is 0 Å². The van der Waals surface area contributed by atoms with Crippen molar-refractivity contribution in [3.63, 3.8) is 0 Å². The van der Waals surface area contributed by atoms with Crippen LogP contribution >= 0.6 is 0 Å². The van der Waals surface area contributed by atoms with E-state index < -0.39 is 0 Å². The van der Waals surface area contributed by atoms with Crippen LogP contribution in [0.4, 0.5) is 0 Å². The molecular weight excluding hydrogens is 144 g/mol. The second kappa shape index (κ2) is 3.57. The van der Waals surface area contributed by atoms with E-state index >= 15 is 0 Å².